The van der Waals surface area contributed by atoms with Gasteiger partial charge < -0.3 is 4.74 Å². The molecule has 0 aliphatic carbocycles. The molecule has 0 bridgehead atoms. The summed E-state index contributed by atoms with van der Waals surface area (Å²) < 4.78 is 93.8. The minimum absolute atomic E-state index is 0.0698. The third kappa shape index (κ3) is 5.36. The Kier molecular flexibility index (Phi) is 6.26. The van der Waals surface area contributed by atoms with Crippen molar-refractivity contribution < 1.29 is 34.7 Å². The average molecular weight is 438 g/mol. The highest BCUT2D eigenvalue weighted by molar-refractivity contribution is 7.92. The highest BCUT2D eigenvalue weighted by Crippen LogP contribution is 2.36. The molecule has 0 unspecified atom stereocenters. The molecule has 2 aromatic carbocycles. The SMILES string of the molecule is CCCOc1ccc(C(F)(F)F)cc1NS(=O)(=O)c1ccc(S(N)(=O)=O)cc1. The van der Waals surface area contributed by atoms with Gasteiger partial charge in [0.1, 0.15) is 5.75 Å². The van der Waals surface area contributed by atoms with E-state index in [0.29, 0.717) is 12.5 Å². The summed E-state index contributed by atoms with van der Waals surface area (Å²) in [6.07, 6.45) is -4.12. The van der Waals surface area contributed by atoms with Crippen molar-refractivity contribution in [1.29, 1.82) is 0 Å². The van der Waals surface area contributed by atoms with E-state index in [2.05, 4.69) is 0 Å². The summed E-state index contributed by atoms with van der Waals surface area (Å²) in [5.41, 5.74) is -1.45. The molecule has 12 heteroatoms. The Morgan fingerprint density at radius 3 is 2.07 bits per heavy atom. The van der Waals surface area contributed by atoms with E-state index in [-0.39, 0.29) is 22.1 Å². The summed E-state index contributed by atoms with van der Waals surface area (Å²) in [5, 5.41) is 4.95. The minimum Gasteiger partial charge on any atom is -0.491 e. The Labute approximate surface area is 160 Å². The van der Waals surface area contributed by atoms with Gasteiger partial charge in [0.2, 0.25) is 10.0 Å². The van der Waals surface area contributed by atoms with Crippen molar-refractivity contribution in [2.45, 2.75) is 29.3 Å². The van der Waals surface area contributed by atoms with Crippen molar-refractivity contribution in [3.63, 3.8) is 0 Å². The van der Waals surface area contributed by atoms with E-state index in [4.69, 9.17) is 9.88 Å². The van der Waals surface area contributed by atoms with Crippen molar-refractivity contribution in [3.8, 4) is 5.75 Å². The summed E-state index contributed by atoms with van der Waals surface area (Å²) in [7, 11) is -8.34. The largest absolute Gasteiger partial charge is 0.491 e. The fourth-order valence-electron chi connectivity index (χ4n) is 2.14. The zero-order valence-corrected chi connectivity index (χ0v) is 16.2. The maximum atomic E-state index is 13.0. The average Bonchev–Trinajstić information content (AvgIpc) is 2.59. The normalized spacial score (nSPS) is 12.6. The standard InChI is InChI=1S/C16H17F3N2O5S2/c1-2-9-26-15-8-3-11(16(17,18)19)10-14(15)21-28(24,25)13-6-4-12(5-7-13)27(20,22)23/h3-8,10,21H,2,9H2,1H3,(H2,20,22,23). The van der Waals surface area contributed by atoms with Gasteiger partial charge in [0.15, 0.2) is 0 Å². The molecule has 0 aliphatic heterocycles. The predicted molar refractivity (Wildman–Crippen MR) is 95.9 cm³/mol. The molecule has 0 aromatic heterocycles. The topological polar surface area (TPSA) is 116 Å². The Morgan fingerprint density at radius 2 is 1.57 bits per heavy atom. The van der Waals surface area contributed by atoms with E-state index >= 15 is 0 Å². The van der Waals surface area contributed by atoms with Crippen molar-refractivity contribution in [2.75, 3.05) is 11.3 Å². The third-order valence-corrected chi connectivity index (χ3v) is 5.79. The van der Waals surface area contributed by atoms with Crippen LogP contribution in [-0.2, 0) is 26.2 Å². The number of hydrogen-bond donors (Lipinski definition) is 2. The second-order valence-electron chi connectivity index (χ2n) is 5.68. The second kappa shape index (κ2) is 7.97. The summed E-state index contributed by atoms with van der Waals surface area (Å²) >= 11 is 0. The van der Waals surface area contributed by atoms with Crippen LogP contribution < -0.4 is 14.6 Å². The maximum absolute atomic E-state index is 13.0. The van der Waals surface area contributed by atoms with E-state index in [1.54, 1.807) is 6.92 Å². The predicted octanol–water partition coefficient (Wildman–Crippen LogP) is 2.94. The van der Waals surface area contributed by atoms with Crippen molar-refractivity contribution >= 4 is 25.7 Å². The van der Waals surface area contributed by atoms with Gasteiger partial charge >= 0.3 is 6.18 Å². The van der Waals surface area contributed by atoms with Gasteiger partial charge in [-0.15, -0.1) is 0 Å². The molecule has 0 amide bonds. The van der Waals surface area contributed by atoms with Gasteiger partial charge in [-0.2, -0.15) is 13.2 Å². The number of hydrogen-bond acceptors (Lipinski definition) is 5. The lowest BCUT2D eigenvalue weighted by Gasteiger charge is -2.16. The Morgan fingerprint density at radius 1 is 1.00 bits per heavy atom. The lowest BCUT2D eigenvalue weighted by atomic mass is 10.2. The van der Waals surface area contributed by atoms with Gasteiger partial charge in [0.25, 0.3) is 10.0 Å². The number of anilines is 1. The molecule has 0 heterocycles. The third-order valence-electron chi connectivity index (χ3n) is 3.48. The zero-order valence-electron chi connectivity index (χ0n) is 14.5. The second-order valence-corrected chi connectivity index (χ2v) is 8.92. The van der Waals surface area contributed by atoms with Gasteiger partial charge in [0, 0.05) is 0 Å². The summed E-state index contributed by atoms with van der Waals surface area (Å²) in [4.78, 5) is -0.670. The van der Waals surface area contributed by atoms with Crippen LogP contribution in [0.4, 0.5) is 18.9 Å². The van der Waals surface area contributed by atoms with E-state index in [1.165, 1.54) is 0 Å². The molecule has 7 nitrogen and oxygen atoms in total. The molecule has 3 N–H and O–H groups in total. The molecule has 0 saturated carbocycles. The molecule has 2 rings (SSSR count). The van der Waals surface area contributed by atoms with E-state index in [0.717, 1.165) is 36.4 Å². The highest BCUT2D eigenvalue weighted by atomic mass is 32.2. The Hall–Kier alpha value is -2.31. The summed E-state index contributed by atoms with van der Waals surface area (Å²) in [6, 6.07) is 6.34. The number of benzene rings is 2. The maximum Gasteiger partial charge on any atom is 0.416 e. The quantitative estimate of drug-likeness (QED) is 0.690. The molecule has 0 atom stereocenters. The molecule has 0 radical (unpaired) electrons. The Balaban J connectivity index is 2.43. The first-order valence-electron chi connectivity index (χ1n) is 7.84. The number of alkyl halides is 3. The van der Waals surface area contributed by atoms with Crippen LogP contribution >= 0.6 is 0 Å². The molecule has 0 saturated heterocycles. The van der Waals surface area contributed by atoms with Gasteiger partial charge in [0.05, 0.1) is 27.6 Å². The fraction of sp³-hybridized carbons (Fsp3) is 0.250. The molecular weight excluding hydrogens is 421 g/mol. The number of sulfonamides is 2. The summed E-state index contributed by atoms with van der Waals surface area (Å²) in [6.45, 7) is 1.95. The molecule has 2 aromatic rings. The van der Waals surface area contributed by atoms with Crippen molar-refractivity contribution in [1.82, 2.24) is 0 Å². The first kappa shape index (κ1) is 22.0. The van der Waals surface area contributed by atoms with Crippen LogP contribution in [0.15, 0.2) is 52.3 Å². The van der Waals surface area contributed by atoms with Crippen LogP contribution in [0.3, 0.4) is 0 Å². The Bertz CT molecular complexity index is 1050. The van der Waals surface area contributed by atoms with Gasteiger partial charge in [-0.3, -0.25) is 4.72 Å². The number of halogens is 3. The molecule has 0 aliphatic rings. The van der Waals surface area contributed by atoms with Crippen LogP contribution in [0.5, 0.6) is 5.75 Å². The van der Waals surface area contributed by atoms with Crippen LogP contribution in [0.25, 0.3) is 0 Å². The number of primary sulfonamides is 1. The first-order chi connectivity index (χ1) is 12.8. The smallest absolute Gasteiger partial charge is 0.416 e. The van der Waals surface area contributed by atoms with E-state index < -0.39 is 37.5 Å². The number of nitrogens with one attached hydrogen (secondary N) is 1. The van der Waals surface area contributed by atoms with Gasteiger partial charge in [-0.05, 0) is 48.9 Å². The molecule has 154 valence electrons. The lowest BCUT2D eigenvalue weighted by Crippen LogP contribution is -2.16. The van der Waals surface area contributed by atoms with Crippen LogP contribution in [0.1, 0.15) is 18.9 Å². The van der Waals surface area contributed by atoms with Gasteiger partial charge in [-0.1, -0.05) is 6.92 Å². The molecular formula is C16H17F3N2O5S2. The van der Waals surface area contributed by atoms with E-state index in [1.807, 2.05) is 4.72 Å². The van der Waals surface area contributed by atoms with Crippen LogP contribution in [-0.4, -0.2) is 23.4 Å². The fourth-order valence-corrected chi connectivity index (χ4v) is 3.71. The van der Waals surface area contributed by atoms with Crippen LogP contribution in [0.2, 0.25) is 0 Å². The lowest BCUT2D eigenvalue weighted by molar-refractivity contribution is -0.137. The molecule has 0 fully saturated rings. The van der Waals surface area contributed by atoms with E-state index in [9.17, 15) is 30.0 Å². The molecule has 0 spiro atoms. The van der Waals surface area contributed by atoms with Crippen LogP contribution in [0, 0.1) is 0 Å². The molecule has 28 heavy (non-hydrogen) atoms. The minimum atomic E-state index is -4.68. The number of rotatable bonds is 7. The first-order valence-corrected chi connectivity index (χ1v) is 10.9. The highest BCUT2D eigenvalue weighted by Gasteiger charge is 2.32. The number of nitrogens with two attached hydrogens (primary N) is 1. The monoisotopic (exact) mass is 438 g/mol. The van der Waals surface area contributed by atoms with Crippen molar-refractivity contribution in [2.24, 2.45) is 5.14 Å². The number of ether oxygens (including phenoxy) is 1. The summed E-state index contributed by atoms with van der Waals surface area (Å²) in [5.74, 6) is -0.0698. The zero-order chi connectivity index (χ0) is 21.2. The van der Waals surface area contributed by atoms with Gasteiger partial charge in [-0.25, -0.2) is 22.0 Å². The van der Waals surface area contributed by atoms with Crippen molar-refractivity contribution in [3.05, 3.63) is 48.0 Å².